The molecule has 0 aliphatic carbocycles. The van der Waals surface area contributed by atoms with Gasteiger partial charge >= 0.3 is 0 Å². The second-order valence-electron chi connectivity index (χ2n) is 5.64. The first-order valence-electron chi connectivity index (χ1n) is 7.69. The summed E-state index contributed by atoms with van der Waals surface area (Å²) in [5, 5.41) is 4.28. The summed E-state index contributed by atoms with van der Waals surface area (Å²) in [7, 11) is 0. The van der Waals surface area contributed by atoms with Gasteiger partial charge in [0.05, 0.1) is 15.9 Å². The van der Waals surface area contributed by atoms with Crippen LogP contribution in [0.4, 0.5) is 0 Å². The lowest BCUT2D eigenvalue weighted by atomic mass is 10.1. The molecular formula is C19H16Br2N2O2. The van der Waals surface area contributed by atoms with Crippen molar-refractivity contribution >= 4 is 37.8 Å². The molecule has 0 N–H and O–H groups in total. The Bertz CT molecular complexity index is 900. The molecule has 0 amide bonds. The van der Waals surface area contributed by atoms with Crippen LogP contribution < -0.4 is 4.74 Å². The molecule has 0 saturated carbocycles. The summed E-state index contributed by atoms with van der Waals surface area (Å²) in [6.45, 7) is 4.17. The normalized spacial score (nSPS) is 10.7. The monoisotopic (exact) mass is 462 g/mol. The Hall–Kier alpha value is -1.92. The minimum Gasteiger partial charge on any atom is -0.489 e. The van der Waals surface area contributed by atoms with Crippen LogP contribution in [0.5, 0.6) is 5.75 Å². The second-order valence-corrected chi connectivity index (χ2v) is 7.35. The summed E-state index contributed by atoms with van der Waals surface area (Å²) < 4.78 is 9.04. The number of ether oxygens (including phenoxy) is 1. The molecule has 25 heavy (non-hydrogen) atoms. The SMILES string of the molecule is Cc1nn(C(=O)c2ccc(COc3ccc(Br)cc3)cc2)c(C)c1Br. The van der Waals surface area contributed by atoms with Crippen LogP contribution in [0, 0.1) is 13.8 Å². The molecule has 0 saturated heterocycles. The Morgan fingerprint density at radius 1 is 1.04 bits per heavy atom. The van der Waals surface area contributed by atoms with Gasteiger partial charge in [-0.3, -0.25) is 4.79 Å². The van der Waals surface area contributed by atoms with Crippen LogP contribution in [0.3, 0.4) is 0 Å². The highest BCUT2D eigenvalue weighted by Crippen LogP contribution is 2.21. The van der Waals surface area contributed by atoms with E-state index in [1.807, 2.05) is 50.2 Å². The van der Waals surface area contributed by atoms with E-state index in [2.05, 4.69) is 37.0 Å². The smallest absolute Gasteiger partial charge is 0.278 e. The van der Waals surface area contributed by atoms with Crippen molar-refractivity contribution in [3.05, 3.63) is 80.0 Å². The number of aryl methyl sites for hydroxylation is 1. The molecule has 0 unspecified atom stereocenters. The number of rotatable bonds is 4. The van der Waals surface area contributed by atoms with Crippen molar-refractivity contribution in [1.82, 2.24) is 9.78 Å². The number of carbonyl (C=O) groups is 1. The van der Waals surface area contributed by atoms with Crippen molar-refractivity contribution in [2.75, 3.05) is 0 Å². The number of carbonyl (C=O) groups excluding carboxylic acids is 1. The first kappa shape index (κ1) is 17.9. The molecule has 0 aliphatic rings. The van der Waals surface area contributed by atoms with Crippen LogP contribution in [-0.2, 0) is 6.61 Å². The van der Waals surface area contributed by atoms with Crippen LogP contribution in [0.25, 0.3) is 0 Å². The fourth-order valence-electron chi connectivity index (χ4n) is 2.38. The zero-order valence-corrected chi connectivity index (χ0v) is 17.0. The summed E-state index contributed by atoms with van der Waals surface area (Å²) in [4.78, 5) is 12.6. The molecule has 0 bridgehead atoms. The molecule has 0 radical (unpaired) electrons. The predicted octanol–water partition coefficient (Wildman–Crippen LogP) is 5.29. The minimum absolute atomic E-state index is 0.147. The molecule has 0 fully saturated rings. The number of hydrogen-bond acceptors (Lipinski definition) is 3. The van der Waals surface area contributed by atoms with Crippen molar-refractivity contribution in [1.29, 1.82) is 0 Å². The molecular weight excluding hydrogens is 448 g/mol. The fourth-order valence-corrected chi connectivity index (χ4v) is 2.90. The zero-order valence-electron chi connectivity index (χ0n) is 13.8. The van der Waals surface area contributed by atoms with Crippen molar-refractivity contribution in [2.24, 2.45) is 0 Å². The van der Waals surface area contributed by atoms with Gasteiger partial charge in [-0.05, 0) is 71.7 Å². The molecule has 0 atom stereocenters. The van der Waals surface area contributed by atoms with Gasteiger partial charge in [0.25, 0.3) is 5.91 Å². The number of aromatic nitrogens is 2. The molecule has 3 rings (SSSR count). The third-order valence-electron chi connectivity index (χ3n) is 3.82. The summed E-state index contributed by atoms with van der Waals surface area (Å²) in [6, 6.07) is 15.1. The van der Waals surface area contributed by atoms with E-state index in [0.29, 0.717) is 12.2 Å². The molecule has 1 aromatic heterocycles. The van der Waals surface area contributed by atoms with E-state index in [1.54, 1.807) is 12.1 Å². The average molecular weight is 464 g/mol. The first-order chi connectivity index (χ1) is 12.0. The van der Waals surface area contributed by atoms with Gasteiger partial charge in [0, 0.05) is 10.0 Å². The van der Waals surface area contributed by atoms with Crippen molar-refractivity contribution < 1.29 is 9.53 Å². The van der Waals surface area contributed by atoms with E-state index in [1.165, 1.54) is 4.68 Å². The van der Waals surface area contributed by atoms with Gasteiger partial charge in [-0.1, -0.05) is 28.1 Å². The molecule has 0 aliphatic heterocycles. The van der Waals surface area contributed by atoms with Gasteiger partial charge in [0.15, 0.2) is 0 Å². The standard InChI is InChI=1S/C19H16Br2N2O2/c1-12-18(21)13(2)23(22-12)19(24)15-5-3-14(4-6-15)11-25-17-9-7-16(20)8-10-17/h3-10H,11H2,1-2H3. The quantitative estimate of drug-likeness (QED) is 0.527. The lowest BCUT2D eigenvalue weighted by Crippen LogP contribution is -2.15. The highest BCUT2D eigenvalue weighted by atomic mass is 79.9. The van der Waals surface area contributed by atoms with Crippen LogP contribution in [0.15, 0.2) is 57.5 Å². The Balaban J connectivity index is 1.70. The topological polar surface area (TPSA) is 44.1 Å². The Morgan fingerprint density at radius 3 is 2.24 bits per heavy atom. The van der Waals surface area contributed by atoms with Gasteiger partial charge in [-0.25, -0.2) is 0 Å². The zero-order chi connectivity index (χ0) is 18.0. The van der Waals surface area contributed by atoms with E-state index < -0.39 is 0 Å². The Kier molecular flexibility index (Phi) is 5.39. The first-order valence-corrected chi connectivity index (χ1v) is 9.28. The van der Waals surface area contributed by atoms with E-state index in [-0.39, 0.29) is 5.91 Å². The summed E-state index contributed by atoms with van der Waals surface area (Å²) in [5.74, 6) is 0.655. The van der Waals surface area contributed by atoms with Gasteiger partial charge in [0.2, 0.25) is 0 Å². The fraction of sp³-hybridized carbons (Fsp3) is 0.158. The van der Waals surface area contributed by atoms with Crippen molar-refractivity contribution in [3.8, 4) is 5.75 Å². The van der Waals surface area contributed by atoms with Crippen molar-refractivity contribution in [3.63, 3.8) is 0 Å². The lowest BCUT2D eigenvalue weighted by molar-refractivity contribution is 0.0942. The van der Waals surface area contributed by atoms with Gasteiger partial charge in [-0.2, -0.15) is 9.78 Å². The molecule has 2 aromatic carbocycles. The third-order valence-corrected chi connectivity index (χ3v) is 5.49. The highest BCUT2D eigenvalue weighted by Gasteiger charge is 2.16. The second kappa shape index (κ2) is 7.54. The molecule has 0 spiro atoms. The van der Waals surface area contributed by atoms with Crippen LogP contribution in [0.1, 0.15) is 27.3 Å². The number of hydrogen-bond donors (Lipinski definition) is 0. The summed E-state index contributed by atoms with van der Waals surface area (Å²) >= 11 is 6.84. The van der Waals surface area contributed by atoms with Gasteiger partial charge in [-0.15, -0.1) is 0 Å². The minimum atomic E-state index is -0.147. The Labute approximate surface area is 163 Å². The van der Waals surface area contributed by atoms with Crippen LogP contribution in [-0.4, -0.2) is 15.7 Å². The maximum atomic E-state index is 12.6. The largest absolute Gasteiger partial charge is 0.489 e. The summed E-state index contributed by atoms with van der Waals surface area (Å²) in [5.41, 5.74) is 3.18. The predicted molar refractivity (Wildman–Crippen MR) is 104 cm³/mol. The number of halogens is 2. The van der Waals surface area contributed by atoms with Gasteiger partial charge < -0.3 is 4.74 Å². The summed E-state index contributed by atoms with van der Waals surface area (Å²) in [6.07, 6.45) is 0. The van der Waals surface area contributed by atoms with Gasteiger partial charge in [0.1, 0.15) is 12.4 Å². The third kappa shape index (κ3) is 4.02. The molecule has 128 valence electrons. The molecule has 4 nitrogen and oxygen atoms in total. The number of nitrogens with zero attached hydrogens (tertiary/aromatic N) is 2. The molecule has 6 heteroatoms. The van der Waals surface area contributed by atoms with Crippen LogP contribution >= 0.6 is 31.9 Å². The lowest BCUT2D eigenvalue weighted by Gasteiger charge is -2.08. The average Bonchev–Trinajstić information content (AvgIpc) is 2.88. The van der Waals surface area contributed by atoms with Crippen molar-refractivity contribution in [2.45, 2.75) is 20.5 Å². The Morgan fingerprint density at radius 2 is 1.68 bits per heavy atom. The van der Waals surface area contributed by atoms with E-state index in [0.717, 1.165) is 31.6 Å². The molecule has 3 aromatic rings. The van der Waals surface area contributed by atoms with Crippen LogP contribution in [0.2, 0.25) is 0 Å². The van der Waals surface area contributed by atoms with E-state index in [4.69, 9.17) is 4.74 Å². The molecule has 1 heterocycles. The maximum Gasteiger partial charge on any atom is 0.278 e. The van der Waals surface area contributed by atoms with E-state index >= 15 is 0 Å². The van der Waals surface area contributed by atoms with E-state index in [9.17, 15) is 4.79 Å². The number of benzene rings is 2. The highest BCUT2D eigenvalue weighted by molar-refractivity contribution is 9.10. The maximum absolute atomic E-state index is 12.6.